The molecule has 0 fully saturated rings. The van der Waals surface area contributed by atoms with Crippen LogP contribution in [0.25, 0.3) is 11.3 Å². The fraction of sp³-hybridized carbons (Fsp3) is 0.150. The van der Waals surface area contributed by atoms with Crippen LogP contribution in [-0.4, -0.2) is 21.0 Å². The van der Waals surface area contributed by atoms with Crippen LogP contribution in [0.1, 0.15) is 27.3 Å². The summed E-state index contributed by atoms with van der Waals surface area (Å²) in [5.41, 5.74) is 4.19. The first-order valence-corrected chi connectivity index (χ1v) is 8.96. The zero-order valence-corrected chi connectivity index (χ0v) is 16.3. The van der Waals surface area contributed by atoms with Gasteiger partial charge in [0.05, 0.1) is 17.3 Å². The van der Waals surface area contributed by atoms with Gasteiger partial charge in [-0.05, 0) is 54.8 Å². The molecule has 0 unspecified atom stereocenters. The number of anilines is 1. The van der Waals surface area contributed by atoms with Crippen molar-refractivity contribution in [2.24, 2.45) is 0 Å². The molecule has 0 aliphatic heterocycles. The first-order valence-electron chi connectivity index (χ1n) is 8.20. The second-order valence-electron chi connectivity index (χ2n) is 6.04. The summed E-state index contributed by atoms with van der Waals surface area (Å²) in [6.07, 6.45) is 1.50. The minimum atomic E-state index is -0.448. The van der Waals surface area contributed by atoms with Gasteiger partial charge in [0.15, 0.2) is 0 Å². The molecule has 0 atom stereocenters. The minimum Gasteiger partial charge on any atom is -0.392 e. The number of nitrogens with zero attached hydrogens (tertiary/aromatic N) is 2. The zero-order chi connectivity index (χ0) is 19.6. The standard InChI is InChI=1S/C20H17Cl2N3O2/c1-11-3-4-13(10-26)12(2)18(11)25-20(27)19-23-8-7-17(24-19)15-9-14(21)5-6-16(15)22/h3-9,26H,10H2,1-2H3,(H,25,27). The molecule has 0 radical (unpaired) electrons. The Morgan fingerprint density at radius 3 is 2.67 bits per heavy atom. The van der Waals surface area contributed by atoms with Gasteiger partial charge in [0.2, 0.25) is 5.82 Å². The number of hydrogen-bond donors (Lipinski definition) is 2. The Bertz CT molecular complexity index is 1020. The third-order valence-electron chi connectivity index (χ3n) is 4.26. The highest BCUT2D eigenvalue weighted by Crippen LogP contribution is 2.29. The van der Waals surface area contributed by atoms with E-state index in [0.29, 0.717) is 27.0 Å². The van der Waals surface area contributed by atoms with Crippen molar-refractivity contribution in [3.63, 3.8) is 0 Å². The number of nitrogens with one attached hydrogen (secondary N) is 1. The van der Waals surface area contributed by atoms with Crippen LogP contribution >= 0.6 is 23.2 Å². The summed E-state index contributed by atoms with van der Waals surface area (Å²) in [6, 6.07) is 10.4. The summed E-state index contributed by atoms with van der Waals surface area (Å²) in [7, 11) is 0. The molecule has 1 aromatic heterocycles. The Balaban J connectivity index is 1.94. The van der Waals surface area contributed by atoms with Crippen molar-refractivity contribution in [3.8, 4) is 11.3 Å². The van der Waals surface area contributed by atoms with E-state index in [1.807, 2.05) is 26.0 Å². The molecule has 0 aliphatic rings. The van der Waals surface area contributed by atoms with Gasteiger partial charge in [-0.15, -0.1) is 0 Å². The second-order valence-corrected chi connectivity index (χ2v) is 6.89. The number of aliphatic hydroxyl groups is 1. The lowest BCUT2D eigenvalue weighted by atomic mass is 10.0. The van der Waals surface area contributed by atoms with Crippen molar-refractivity contribution < 1.29 is 9.90 Å². The molecule has 138 valence electrons. The SMILES string of the molecule is Cc1ccc(CO)c(C)c1NC(=O)c1nccc(-c2cc(Cl)ccc2Cl)n1. The summed E-state index contributed by atoms with van der Waals surface area (Å²) in [5, 5.41) is 13.3. The second kappa shape index (κ2) is 8.05. The number of benzene rings is 2. The zero-order valence-electron chi connectivity index (χ0n) is 14.8. The van der Waals surface area contributed by atoms with E-state index in [4.69, 9.17) is 23.2 Å². The molecule has 0 spiro atoms. The molecule has 3 rings (SSSR count). The maximum Gasteiger partial charge on any atom is 0.293 e. The monoisotopic (exact) mass is 401 g/mol. The quantitative estimate of drug-likeness (QED) is 0.657. The lowest BCUT2D eigenvalue weighted by Gasteiger charge is -2.14. The number of halogens is 2. The average molecular weight is 402 g/mol. The molecule has 0 saturated carbocycles. The van der Waals surface area contributed by atoms with Crippen molar-refractivity contribution >= 4 is 34.8 Å². The number of amides is 1. The first-order chi connectivity index (χ1) is 12.9. The lowest BCUT2D eigenvalue weighted by molar-refractivity contribution is 0.101. The normalized spacial score (nSPS) is 10.7. The Labute approximate surface area is 167 Å². The van der Waals surface area contributed by atoms with Gasteiger partial charge in [-0.3, -0.25) is 4.79 Å². The minimum absolute atomic E-state index is 0.0109. The molecule has 3 aromatic rings. The van der Waals surface area contributed by atoms with Gasteiger partial charge in [0, 0.05) is 22.5 Å². The largest absolute Gasteiger partial charge is 0.392 e. The topological polar surface area (TPSA) is 75.1 Å². The van der Waals surface area contributed by atoms with Gasteiger partial charge < -0.3 is 10.4 Å². The van der Waals surface area contributed by atoms with E-state index in [-0.39, 0.29) is 12.4 Å². The van der Waals surface area contributed by atoms with Crippen LogP contribution in [0.5, 0.6) is 0 Å². The Morgan fingerprint density at radius 1 is 1.15 bits per heavy atom. The van der Waals surface area contributed by atoms with Gasteiger partial charge >= 0.3 is 0 Å². The highest BCUT2D eigenvalue weighted by atomic mass is 35.5. The Hall–Kier alpha value is -2.47. The molecule has 0 bridgehead atoms. The molecule has 0 aliphatic carbocycles. The predicted molar refractivity (Wildman–Crippen MR) is 107 cm³/mol. The fourth-order valence-corrected chi connectivity index (χ4v) is 3.12. The number of carbonyl (C=O) groups excluding carboxylic acids is 1. The molecule has 7 heteroatoms. The van der Waals surface area contributed by atoms with Crippen LogP contribution in [0.4, 0.5) is 5.69 Å². The van der Waals surface area contributed by atoms with Crippen LogP contribution in [0.2, 0.25) is 10.0 Å². The van der Waals surface area contributed by atoms with Crippen molar-refractivity contribution in [2.75, 3.05) is 5.32 Å². The lowest BCUT2D eigenvalue weighted by Crippen LogP contribution is -2.17. The Morgan fingerprint density at radius 2 is 1.93 bits per heavy atom. The van der Waals surface area contributed by atoms with E-state index in [1.165, 1.54) is 6.20 Å². The van der Waals surface area contributed by atoms with Crippen LogP contribution in [0, 0.1) is 13.8 Å². The van der Waals surface area contributed by atoms with Crippen LogP contribution in [-0.2, 0) is 6.61 Å². The van der Waals surface area contributed by atoms with Crippen molar-refractivity contribution in [1.82, 2.24) is 9.97 Å². The number of carbonyl (C=O) groups is 1. The molecule has 27 heavy (non-hydrogen) atoms. The smallest absolute Gasteiger partial charge is 0.293 e. The van der Waals surface area contributed by atoms with Crippen LogP contribution in [0.15, 0.2) is 42.6 Å². The maximum atomic E-state index is 12.7. The van der Waals surface area contributed by atoms with Gasteiger partial charge in [-0.2, -0.15) is 0 Å². The van der Waals surface area contributed by atoms with Crippen molar-refractivity contribution in [3.05, 3.63) is 75.2 Å². The fourth-order valence-electron chi connectivity index (χ4n) is 2.74. The summed E-state index contributed by atoms with van der Waals surface area (Å²) < 4.78 is 0. The molecule has 0 saturated heterocycles. The van der Waals surface area contributed by atoms with Gasteiger partial charge in [-0.1, -0.05) is 35.3 Å². The molecule has 1 amide bonds. The summed E-state index contributed by atoms with van der Waals surface area (Å²) in [6.45, 7) is 3.62. The molecule has 1 heterocycles. The highest BCUT2D eigenvalue weighted by molar-refractivity contribution is 6.35. The number of aromatic nitrogens is 2. The van der Waals surface area contributed by atoms with E-state index in [0.717, 1.165) is 16.7 Å². The van der Waals surface area contributed by atoms with E-state index in [9.17, 15) is 9.90 Å². The predicted octanol–water partition coefficient (Wildman–Crippen LogP) is 4.81. The van der Waals surface area contributed by atoms with Crippen molar-refractivity contribution in [1.29, 1.82) is 0 Å². The first kappa shape index (κ1) is 19.3. The summed E-state index contributed by atoms with van der Waals surface area (Å²) in [4.78, 5) is 21.1. The number of aryl methyl sites for hydroxylation is 1. The van der Waals surface area contributed by atoms with E-state index in [1.54, 1.807) is 24.3 Å². The molecular weight excluding hydrogens is 385 g/mol. The van der Waals surface area contributed by atoms with E-state index in [2.05, 4.69) is 15.3 Å². The molecule has 2 N–H and O–H groups in total. The van der Waals surface area contributed by atoms with E-state index < -0.39 is 5.91 Å². The van der Waals surface area contributed by atoms with Crippen molar-refractivity contribution in [2.45, 2.75) is 20.5 Å². The molecule has 2 aromatic carbocycles. The number of aliphatic hydroxyl groups excluding tert-OH is 1. The maximum absolute atomic E-state index is 12.7. The summed E-state index contributed by atoms with van der Waals surface area (Å²) in [5.74, 6) is -0.437. The van der Waals surface area contributed by atoms with Crippen LogP contribution in [0.3, 0.4) is 0 Å². The molecule has 5 nitrogen and oxygen atoms in total. The Kier molecular flexibility index (Phi) is 5.75. The number of rotatable bonds is 4. The van der Waals surface area contributed by atoms with Gasteiger partial charge in [-0.25, -0.2) is 9.97 Å². The number of hydrogen-bond acceptors (Lipinski definition) is 4. The van der Waals surface area contributed by atoms with Crippen LogP contribution < -0.4 is 5.32 Å². The molecular formula is C20H17Cl2N3O2. The van der Waals surface area contributed by atoms with Gasteiger partial charge in [0.1, 0.15) is 0 Å². The highest BCUT2D eigenvalue weighted by Gasteiger charge is 2.16. The average Bonchev–Trinajstić information content (AvgIpc) is 2.67. The third-order valence-corrected chi connectivity index (χ3v) is 4.82. The third kappa shape index (κ3) is 4.11. The van der Waals surface area contributed by atoms with E-state index >= 15 is 0 Å². The summed E-state index contributed by atoms with van der Waals surface area (Å²) >= 11 is 12.3. The van der Waals surface area contributed by atoms with Gasteiger partial charge in [0.25, 0.3) is 5.91 Å².